The summed E-state index contributed by atoms with van der Waals surface area (Å²) in [5.41, 5.74) is 3.75. The lowest BCUT2D eigenvalue weighted by Gasteiger charge is -2.06. The van der Waals surface area contributed by atoms with Gasteiger partial charge in [0.15, 0.2) is 0 Å². The Balaban J connectivity index is 1.45. The molecule has 3 aromatic carbocycles. The number of benzene rings is 3. The fourth-order valence-electron chi connectivity index (χ4n) is 2.54. The quantitative estimate of drug-likeness (QED) is 0.391. The average molecular weight is 314 g/mol. The van der Waals surface area contributed by atoms with Crippen molar-refractivity contribution < 1.29 is 4.74 Å². The third-order valence-corrected chi connectivity index (χ3v) is 3.87. The highest BCUT2D eigenvalue weighted by molar-refractivity contribution is 5.69. The van der Waals surface area contributed by atoms with E-state index in [4.69, 9.17) is 4.74 Å². The first-order valence-electron chi connectivity index (χ1n) is 8.40. The molecule has 0 aromatic heterocycles. The predicted octanol–water partition coefficient (Wildman–Crippen LogP) is 5.87. The minimum Gasteiger partial charge on any atom is -0.494 e. The molecule has 3 aromatic rings. The first-order chi connectivity index (χ1) is 11.9. The Bertz CT molecular complexity index is 743. The largest absolute Gasteiger partial charge is 0.494 e. The second-order valence-corrected chi connectivity index (χ2v) is 5.75. The van der Waals surface area contributed by atoms with E-state index in [0.29, 0.717) is 0 Å². The molecule has 0 heterocycles. The van der Waals surface area contributed by atoms with Crippen molar-refractivity contribution in [3.05, 3.63) is 102 Å². The summed E-state index contributed by atoms with van der Waals surface area (Å²) in [5.74, 6) is 0.930. The smallest absolute Gasteiger partial charge is 0.119 e. The van der Waals surface area contributed by atoms with Gasteiger partial charge < -0.3 is 4.74 Å². The van der Waals surface area contributed by atoms with Crippen molar-refractivity contribution >= 4 is 12.2 Å². The molecule has 0 N–H and O–H groups in total. The van der Waals surface area contributed by atoms with E-state index in [1.165, 1.54) is 16.7 Å². The van der Waals surface area contributed by atoms with Crippen molar-refractivity contribution in [2.45, 2.75) is 12.8 Å². The Morgan fingerprint density at radius 3 is 1.88 bits per heavy atom. The maximum absolute atomic E-state index is 5.82. The molecule has 1 heteroatoms. The number of hydrogen-bond acceptors (Lipinski definition) is 1. The van der Waals surface area contributed by atoms with Crippen molar-refractivity contribution in [3.63, 3.8) is 0 Å². The topological polar surface area (TPSA) is 9.23 Å². The van der Waals surface area contributed by atoms with Crippen LogP contribution in [-0.2, 0) is 6.42 Å². The van der Waals surface area contributed by atoms with Crippen molar-refractivity contribution in [1.82, 2.24) is 0 Å². The highest BCUT2D eigenvalue weighted by Crippen LogP contribution is 2.15. The van der Waals surface area contributed by atoms with Crippen LogP contribution < -0.4 is 4.74 Å². The summed E-state index contributed by atoms with van der Waals surface area (Å²) >= 11 is 0. The summed E-state index contributed by atoms with van der Waals surface area (Å²) in [6, 6.07) is 29.1. The van der Waals surface area contributed by atoms with Gasteiger partial charge in [0, 0.05) is 0 Å². The molecule has 24 heavy (non-hydrogen) atoms. The molecule has 0 saturated heterocycles. The van der Waals surface area contributed by atoms with Crippen LogP contribution in [0.25, 0.3) is 12.2 Å². The first-order valence-corrected chi connectivity index (χ1v) is 8.40. The van der Waals surface area contributed by atoms with Gasteiger partial charge in [-0.25, -0.2) is 0 Å². The minimum absolute atomic E-state index is 0.744. The molecule has 0 aliphatic heterocycles. The van der Waals surface area contributed by atoms with Crippen LogP contribution in [0.4, 0.5) is 0 Å². The first kappa shape index (κ1) is 16.1. The van der Waals surface area contributed by atoms with Gasteiger partial charge in [-0.1, -0.05) is 84.9 Å². The van der Waals surface area contributed by atoms with Crippen LogP contribution in [0.15, 0.2) is 84.9 Å². The Hall–Kier alpha value is -2.80. The normalized spacial score (nSPS) is 10.8. The molecule has 0 saturated carbocycles. The molecular weight excluding hydrogens is 292 g/mol. The van der Waals surface area contributed by atoms with E-state index in [-0.39, 0.29) is 0 Å². The second-order valence-electron chi connectivity index (χ2n) is 5.75. The van der Waals surface area contributed by atoms with Gasteiger partial charge in [-0.3, -0.25) is 0 Å². The van der Waals surface area contributed by atoms with Crippen molar-refractivity contribution in [3.8, 4) is 5.75 Å². The maximum atomic E-state index is 5.82. The zero-order valence-corrected chi connectivity index (χ0v) is 13.8. The Kier molecular flexibility index (Phi) is 5.85. The summed E-state index contributed by atoms with van der Waals surface area (Å²) < 4.78 is 5.82. The standard InChI is InChI=1S/C23H22O/c1-3-8-20(9-4-1)12-7-19-24-23-17-15-22(16-18-23)14-13-21-10-5-2-6-11-21/h1-6,8-11,13-18H,7,12,19H2/b14-13+. The van der Waals surface area contributed by atoms with Crippen LogP contribution in [0.5, 0.6) is 5.75 Å². The summed E-state index contributed by atoms with van der Waals surface area (Å²) in [5, 5.41) is 0. The van der Waals surface area contributed by atoms with E-state index in [1.54, 1.807) is 0 Å². The summed E-state index contributed by atoms with van der Waals surface area (Å²) in [4.78, 5) is 0. The molecule has 0 fully saturated rings. The monoisotopic (exact) mass is 314 g/mol. The number of hydrogen-bond donors (Lipinski definition) is 0. The van der Waals surface area contributed by atoms with Crippen LogP contribution in [0.2, 0.25) is 0 Å². The summed E-state index contributed by atoms with van der Waals surface area (Å²) in [6.07, 6.45) is 6.32. The molecule has 120 valence electrons. The molecule has 0 spiro atoms. The molecule has 0 atom stereocenters. The van der Waals surface area contributed by atoms with Crippen molar-refractivity contribution in [2.75, 3.05) is 6.61 Å². The summed E-state index contributed by atoms with van der Waals surface area (Å²) in [7, 11) is 0. The van der Waals surface area contributed by atoms with Gasteiger partial charge in [0.1, 0.15) is 5.75 Å². The molecule has 0 aliphatic carbocycles. The molecule has 0 radical (unpaired) electrons. The zero-order chi connectivity index (χ0) is 16.5. The van der Waals surface area contributed by atoms with Crippen LogP contribution in [0.1, 0.15) is 23.1 Å². The fourth-order valence-corrected chi connectivity index (χ4v) is 2.54. The van der Waals surface area contributed by atoms with Gasteiger partial charge in [-0.15, -0.1) is 0 Å². The predicted molar refractivity (Wildman–Crippen MR) is 102 cm³/mol. The van der Waals surface area contributed by atoms with E-state index in [2.05, 4.69) is 60.7 Å². The highest BCUT2D eigenvalue weighted by Gasteiger charge is 1.96. The minimum atomic E-state index is 0.744. The van der Waals surface area contributed by atoms with Gasteiger partial charge in [-0.2, -0.15) is 0 Å². The second kappa shape index (κ2) is 8.73. The molecule has 0 unspecified atom stereocenters. The maximum Gasteiger partial charge on any atom is 0.119 e. The Morgan fingerprint density at radius 1 is 0.625 bits per heavy atom. The molecule has 0 bridgehead atoms. The van der Waals surface area contributed by atoms with Crippen LogP contribution in [0, 0.1) is 0 Å². The van der Waals surface area contributed by atoms with Crippen molar-refractivity contribution in [1.29, 1.82) is 0 Å². The average Bonchev–Trinajstić information content (AvgIpc) is 2.66. The molecule has 3 rings (SSSR count). The van der Waals surface area contributed by atoms with Gasteiger partial charge in [0.05, 0.1) is 6.61 Å². The Labute approximate surface area is 144 Å². The van der Waals surface area contributed by atoms with Gasteiger partial charge in [0.2, 0.25) is 0 Å². The van der Waals surface area contributed by atoms with E-state index in [9.17, 15) is 0 Å². The number of ether oxygens (including phenoxy) is 1. The molecule has 0 aliphatic rings. The molecule has 1 nitrogen and oxygen atoms in total. The highest BCUT2D eigenvalue weighted by atomic mass is 16.5. The lowest BCUT2D eigenvalue weighted by molar-refractivity contribution is 0.311. The van der Waals surface area contributed by atoms with E-state index in [1.807, 2.05) is 36.4 Å². The third-order valence-electron chi connectivity index (χ3n) is 3.87. The van der Waals surface area contributed by atoms with Gasteiger partial charge in [-0.05, 0) is 41.7 Å². The van der Waals surface area contributed by atoms with Crippen molar-refractivity contribution in [2.24, 2.45) is 0 Å². The van der Waals surface area contributed by atoms with E-state index in [0.717, 1.165) is 25.2 Å². The van der Waals surface area contributed by atoms with Gasteiger partial charge in [0.25, 0.3) is 0 Å². The number of aryl methyl sites for hydroxylation is 1. The van der Waals surface area contributed by atoms with Gasteiger partial charge >= 0.3 is 0 Å². The Morgan fingerprint density at radius 2 is 1.21 bits per heavy atom. The lowest BCUT2D eigenvalue weighted by Crippen LogP contribution is -1.99. The SMILES string of the molecule is C(=C\c1ccc(OCCCc2ccccc2)cc1)/c1ccccc1. The fraction of sp³-hybridized carbons (Fsp3) is 0.130. The molecule has 0 amide bonds. The lowest BCUT2D eigenvalue weighted by atomic mass is 10.1. The molecular formula is C23H22O. The summed E-state index contributed by atoms with van der Waals surface area (Å²) in [6.45, 7) is 0.744. The number of rotatable bonds is 7. The van der Waals surface area contributed by atoms with E-state index >= 15 is 0 Å². The van der Waals surface area contributed by atoms with Crippen LogP contribution >= 0.6 is 0 Å². The zero-order valence-electron chi connectivity index (χ0n) is 13.8. The van der Waals surface area contributed by atoms with Crippen LogP contribution in [0.3, 0.4) is 0 Å². The van der Waals surface area contributed by atoms with Crippen LogP contribution in [-0.4, -0.2) is 6.61 Å². The third kappa shape index (κ3) is 5.13. The van der Waals surface area contributed by atoms with E-state index < -0.39 is 0 Å².